The average molecular weight is 360 g/mol. The molecule has 1 aromatic carbocycles. The minimum absolute atomic E-state index is 0.0219. The molecule has 3 rings (SSSR count). The maximum absolute atomic E-state index is 12.9. The third kappa shape index (κ3) is 5.05. The zero-order valence-electron chi connectivity index (χ0n) is 15.4. The van der Waals surface area contributed by atoms with E-state index in [1.807, 2.05) is 4.90 Å². The molecule has 1 heterocycles. The number of likely N-dealkylation sites (tertiary alicyclic amines) is 1. The molecule has 1 aromatic rings. The number of halogens is 1. The Kier molecular flexibility index (Phi) is 6.64. The number of nitrogens with zero attached hydrogens (tertiary/aromatic N) is 1. The van der Waals surface area contributed by atoms with Gasteiger partial charge in [0.05, 0.1) is 0 Å². The molecule has 2 fully saturated rings. The number of piperidine rings is 1. The average Bonchev–Trinajstić information content (AvgIpc) is 2.69. The fourth-order valence-electron chi connectivity index (χ4n) is 4.10. The zero-order valence-corrected chi connectivity index (χ0v) is 15.4. The van der Waals surface area contributed by atoms with E-state index in [-0.39, 0.29) is 23.6 Å². The fraction of sp³-hybridized carbons (Fsp3) is 0.619. The van der Waals surface area contributed by atoms with Gasteiger partial charge in [-0.3, -0.25) is 9.59 Å². The highest BCUT2D eigenvalue weighted by Gasteiger charge is 2.32. The van der Waals surface area contributed by atoms with E-state index < -0.39 is 0 Å². The summed E-state index contributed by atoms with van der Waals surface area (Å²) in [5, 5.41) is 2.99. The highest BCUT2D eigenvalue weighted by atomic mass is 19.1. The molecule has 1 N–H and O–H groups in total. The van der Waals surface area contributed by atoms with Gasteiger partial charge in [-0.2, -0.15) is 0 Å². The van der Waals surface area contributed by atoms with Gasteiger partial charge in [-0.05, 0) is 69.1 Å². The highest BCUT2D eigenvalue weighted by Crippen LogP contribution is 2.31. The third-order valence-electron chi connectivity index (χ3n) is 5.74. The van der Waals surface area contributed by atoms with Gasteiger partial charge in [-0.1, -0.05) is 12.1 Å². The quantitative estimate of drug-likeness (QED) is 0.876. The summed E-state index contributed by atoms with van der Waals surface area (Å²) in [6, 6.07) is 6.38. The van der Waals surface area contributed by atoms with E-state index in [2.05, 4.69) is 5.32 Å². The Balaban J connectivity index is 1.37. The van der Waals surface area contributed by atoms with Crippen molar-refractivity contribution in [2.75, 3.05) is 19.6 Å². The molecule has 0 atom stereocenters. The van der Waals surface area contributed by atoms with Crippen molar-refractivity contribution in [3.63, 3.8) is 0 Å². The molecule has 1 saturated heterocycles. The monoisotopic (exact) mass is 360 g/mol. The van der Waals surface area contributed by atoms with E-state index in [1.54, 1.807) is 12.1 Å². The van der Waals surface area contributed by atoms with Crippen LogP contribution in [-0.4, -0.2) is 36.3 Å². The van der Waals surface area contributed by atoms with Crippen LogP contribution in [0, 0.1) is 17.7 Å². The highest BCUT2D eigenvalue weighted by molar-refractivity contribution is 5.81. The van der Waals surface area contributed by atoms with E-state index in [0.717, 1.165) is 57.2 Å². The minimum atomic E-state index is -0.242. The Hall–Kier alpha value is -1.91. The topological polar surface area (TPSA) is 49.4 Å². The van der Waals surface area contributed by atoms with Crippen molar-refractivity contribution in [3.05, 3.63) is 35.6 Å². The molecule has 2 aliphatic rings. The van der Waals surface area contributed by atoms with Gasteiger partial charge in [0.15, 0.2) is 0 Å². The van der Waals surface area contributed by atoms with Gasteiger partial charge < -0.3 is 10.2 Å². The predicted octanol–water partition coefficient (Wildman–Crippen LogP) is 3.30. The molecule has 26 heavy (non-hydrogen) atoms. The second kappa shape index (κ2) is 9.15. The number of hydrogen-bond acceptors (Lipinski definition) is 2. The molecule has 1 aliphatic carbocycles. The Morgan fingerprint density at radius 3 is 2.23 bits per heavy atom. The molecule has 0 aromatic heterocycles. The van der Waals surface area contributed by atoms with Crippen LogP contribution in [-0.2, 0) is 16.0 Å². The van der Waals surface area contributed by atoms with E-state index in [9.17, 15) is 14.0 Å². The number of amides is 2. The van der Waals surface area contributed by atoms with Gasteiger partial charge in [0.2, 0.25) is 11.8 Å². The van der Waals surface area contributed by atoms with E-state index in [4.69, 9.17) is 0 Å². The summed E-state index contributed by atoms with van der Waals surface area (Å²) in [5.41, 5.74) is 1.02. The van der Waals surface area contributed by atoms with Gasteiger partial charge >= 0.3 is 0 Å². The van der Waals surface area contributed by atoms with Gasteiger partial charge in [-0.25, -0.2) is 4.39 Å². The van der Waals surface area contributed by atoms with Crippen molar-refractivity contribution in [1.82, 2.24) is 10.2 Å². The van der Waals surface area contributed by atoms with Crippen molar-refractivity contribution in [3.8, 4) is 0 Å². The maximum atomic E-state index is 12.9. The standard InChI is InChI=1S/C21H29FN2O2/c22-19-10-4-16(5-11-19)12-13-23-20(25)17-6-8-18(9-7-17)21(26)24-14-2-1-3-15-24/h4-5,10-11,17-18H,1-3,6-9,12-15H2,(H,23,25). The number of benzene rings is 1. The smallest absolute Gasteiger partial charge is 0.225 e. The van der Waals surface area contributed by atoms with Crippen LogP contribution in [0.2, 0.25) is 0 Å². The molecule has 2 amide bonds. The second-order valence-electron chi connectivity index (χ2n) is 7.60. The Bertz CT molecular complexity index is 603. The molecular formula is C21H29FN2O2. The lowest BCUT2D eigenvalue weighted by Gasteiger charge is -2.33. The van der Waals surface area contributed by atoms with Crippen molar-refractivity contribution < 1.29 is 14.0 Å². The van der Waals surface area contributed by atoms with Crippen LogP contribution < -0.4 is 5.32 Å². The number of carbonyl (C=O) groups is 2. The molecule has 0 unspecified atom stereocenters. The summed E-state index contributed by atoms with van der Waals surface area (Å²) >= 11 is 0. The first-order chi connectivity index (χ1) is 12.6. The minimum Gasteiger partial charge on any atom is -0.356 e. The lowest BCUT2D eigenvalue weighted by atomic mass is 9.80. The summed E-state index contributed by atoms with van der Waals surface area (Å²) in [5.74, 6) is 0.287. The summed E-state index contributed by atoms with van der Waals surface area (Å²) in [7, 11) is 0. The van der Waals surface area contributed by atoms with Gasteiger partial charge in [0.25, 0.3) is 0 Å². The molecule has 1 saturated carbocycles. The molecule has 4 nitrogen and oxygen atoms in total. The summed E-state index contributed by atoms with van der Waals surface area (Å²) in [4.78, 5) is 27.0. The molecule has 1 aliphatic heterocycles. The Labute approximate surface area is 155 Å². The zero-order chi connectivity index (χ0) is 18.4. The number of hydrogen-bond donors (Lipinski definition) is 1. The Morgan fingerprint density at radius 2 is 1.58 bits per heavy atom. The lowest BCUT2D eigenvalue weighted by molar-refractivity contribution is -0.139. The number of nitrogens with one attached hydrogen (secondary N) is 1. The first kappa shape index (κ1) is 18.9. The summed E-state index contributed by atoms with van der Waals surface area (Å²) < 4.78 is 12.9. The van der Waals surface area contributed by atoms with Crippen molar-refractivity contribution in [2.45, 2.75) is 51.4 Å². The first-order valence-electron chi connectivity index (χ1n) is 9.94. The van der Waals surface area contributed by atoms with Gasteiger partial charge in [-0.15, -0.1) is 0 Å². The number of carbonyl (C=O) groups excluding carboxylic acids is 2. The molecule has 142 valence electrons. The third-order valence-corrected chi connectivity index (χ3v) is 5.74. The van der Waals surface area contributed by atoms with E-state index in [1.165, 1.54) is 18.6 Å². The largest absolute Gasteiger partial charge is 0.356 e. The summed E-state index contributed by atoms with van der Waals surface area (Å²) in [6.45, 7) is 2.38. The lowest BCUT2D eigenvalue weighted by Crippen LogP contribution is -2.42. The molecule has 0 bridgehead atoms. The Morgan fingerprint density at radius 1 is 0.962 bits per heavy atom. The van der Waals surface area contributed by atoms with Crippen molar-refractivity contribution in [1.29, 1.82) is 0 Å². The van der Waals surface area contributed by atoms with Crippen LogP contribution in [0.15, 0.2) is 24.3 Å². The van der Waals surface area contributed by atoms with E-state index in [0.29, 0.717) is 18.9 Å². The molecular weight excluding hydrogens is 331 g/mol. The SMILES string of the molecule is O=C(NCCc1ccc(F)cc1)C1CCC(C(=O)N2CCCCC2)CC1. The molecule has 0 spiro atoms. The van der Waals surface area contributed by atoms with Crippen molar-refractivity contribution >= 4 is 11.8 Å². The van der Waals surface area contributed by atoms with Crippen LogP contribution in [0.25, 0.3) is 0 Å². The molecule has 0 radical (unpaired) electrons. The maximum Gasteiger partial charge on any atom is 0.225 e. The van der Waals surface area contributed by atoms with Crippen LogP contribution in [0.1, 0.15) is 50.5 Å². The normalized spacial score (nSPS) is 23.5. The predicted molar refractivity (Wildman–Crippen MR) is 99.0 cm³/mol. The molecule has 5 heteroatoms. The van der Waals surface area contributed by atoms with Crippen LogP contribution >= 0.6 is 0 Å². The second-order valence-corrected chi connectivity index (χ2v) is 7.60. The van der Waals surface area contributed by atoms with E-state index >= 15 is 0 Å². The van der Waals surface area contributed by atoms with Crippen LogP contribution in [0.4, 0.5) is 4.39 Å². The van der Waals surface area contributed by atoms with Crippen LogP contribution in [0.5, 0.6) is 0 Å². The number of rotatable bonds is 5. The van der Waals surface area contributed by atoms with Crippen LogP contribution in [0.3, 0.4) is 0 Å². The van der Waals surface area contributed by atoms with Gasteiger partial charge in [0, 0.05) is 31.5 Å². The first-order valence-corrected chi connectivity index (χ1v) is 9.94. The van der Waals surface area contributed by atoms with Crippen molar-refractivity contribution in [2.24, 2.45) is 11.8 Å². The van der Waals surface area contributed by atoms with Gasteiger partial charge in [0.1, 0.15) is 5.82 Å². The fourth-order valence-corrected chi connectivity index (χ4v) is 4.10. The summed E-state index contributed by atoms with van der Waals surface area (Å²) in [6.07, 6.45) is 7.43.